The molecular weight excluding hydrogens is 197 g/mol. The Morgan fingerprint density at radius 3 is 2.21 bits per heavy atom. The highest BCUT2D eigenvalue weighted by Gasteiger charge is 2.29. The maximum Gasteiger partial charge on any atom is 0.389 e. The Hall–Kier alpha value is -0.290. The SMILES string of the molecule is CCOC(CC)C(O)CCC(F)(F)F. The van der Waals surface area contributed by atoms with Crippen molar-refractivity contribution in [1.29, 1.82) is 0 Å². The largest absolute Gasteiger partial charge is 0.390 e. The molecule has 5 heteroatoms. The highest BCUT2D eigenvalue weighted by molar-refractivity contribution is 4.69. The average molecular weight is 214 g/mol. The third kappa shape index (κ3) is 6.21. The molecule has 0 saturated carbocycles. The molecule has 0 saturated heterocycles. The van der Waals surface area contributed by atoms with Crippen molar-refractivity contribution in [3.05, 3.63) is 0 Å². The summed E-state index contributed by atoms with van der Waals surface area (Å²) in [7, 11) is 0. The fraction of sp³-hybridized carbons (Fsp3) is 1.00. The Morgan fingerprint density at radius 1 is 1.29 bits per heavy atom. The first-order chi connectivity index (χ1) is 6.40. The molecular formula is C9H17F3O2. The Balaban J connectivity index is 3.85. The number of ether oxygens (including phenoxy) is 1. The molecule has 2 nitrogen and oxygen atoms in total. The quantitative estimate of drug-likeness (QED) is 0.736. The van der Waals surface area contributed by atoms with Crippen LogP contribution < -0.4 is 0 Å². The summed E-state index contributed by atoms with van der Waals surface area (Å²) in [5, 5.41) is 9.38. The molecule has 0 aromatic rings. The molecule has 86 valence electrons. The number of alkyl halides is 3. The van der Waals surface area contributed by atoms with Crippen LogP contribution in [0.5, 0.6) is 0 Å². The second-order valence-corrected chi connectivity index (χ2v) is 3.12. The lowest BCUT2D eigenvalue weighted by Crippen LogP contribution is -2.29. The third-order valence-electron chi connectivity index (χ3n) is 1.94. The summed E-state index contributed by atoms with van der Waals surface area (Å²) in [5.74, 6) is 0. The molecule has 0 aliphatic rings. The van der Waals surface area contributed by atoms with E-state index in [1.165, 1.54) is 0 Å². The maximum absolute atomic E-state index is 11.8. The van der Waals surface area contributed by atoms with E-state index in [0.29, 0.717) is 13.0 Å². The molecule has 0 aromatic heterocycles. The Morgan fingerprint density at radius 2 is 1.86 bits per heavy atom. The standard InChI is InChI=1S/C9H17F3O2/c1-3-8(14-4-2)7(13)5-6-9(10,11)12/h7-8,13H,3-6H2,1-2H3. The normalized spacial score (nSPS) is 16.7. The predicted octanol–water partition coefficient (Wildman–Crippen LogP) is 2.50. The van der Waals surface area contributed by atoms with Gasteiger partial charge in [0.05, 0.1) is 12.2 Å². The van der Waals surface area contributed by atoms with E-state index in [4.69, 9.17) is 4.74 Å². The van der Waals surface area contributed by atoms with Crippen LogP contribution >= 0.6 is 0 Å². The summed E-state index contributed by atoms with van der Waals surface area (Å²) >= 11 is 0. The fourth-order valence-electron chi connectivity index (χ4n) is 1.21. The third-order valence-corrected chi connectivity index (χ3v) is 1.94. The molecule has 0 amide bonds. The van der Waals surface area contributed by atoms with Crippen molar-refractivity contribution < 1.29 is 23.0 Å². The van der Waals surface area contributed by atoms with Gasteiger partial charge in [-0.25, -0.2) is 0 Å². The molecule has 0 fully saturated rings. The zero-order chi connectivity index (χ0) is 11.2. The van der Waals surface area contributed by atoms with Gasteiger partial charge in [-0.2, -0.15) is 13.2 Å². The summed E-state index contributed by atoms with van der Waals surface area (Å²) in [6.07, 6.45) is -6.44. The topological polar surface area (TPSA) is 29.5 Å². The Bertz CT molecular complexity index is 147. The summed E-state index contributed by atoms with van der Waals surface area (Å²) in [6.45, 7) is 3.93. The number of rotatable bonds is 6. The average Bonchev–Trinajstić information content (AvgIpc) is 2.09. The molecule has 0 heterocycles. The zero-order valence-corrected chi connectivity index (χ0v) is 8.47. The smallest absolute Gasteiger partial charge is 0.389 e. The predicted molar refractivity (Wildman–Crippen MR) is 47.0 cm³/mol. The molecule has 1 N–H and O–H groups in total. The van der Waals surface area contributed by atoms with Gasteiger partial charge in [0.15, 0.2) is 0 Å². The van der Waals surface area contributed by atoms with Gasteiger partial charge in [-0.15, -0.1) is 0 Å². The number of halogens is 3. The van der Waals surface area contributed by atoms with Crippen LogP contribution in [0.15, 0.2) is 0 Å². The van der Waals surface area contributed by atoms with Crippen LogP contribution in [0.25, 0.3) is 0 Å². The molecule has 14 heavy (non-hydrogen) atoms. The van der Waals surface area contributed by atoms with Crippen molar-refractivity contribution in [2.75, 3.05) is 6.61 Å². The van der Waals surface area contributed by atoms with Crippen LogP contribution in [0.3, 0.4) is 0 Å². The van der Waals surface area contributed by atoms with E-state index in [-0.39, 0.29) is 6.42 Å². The molecule has 0 rings (SSSR count). The molecule has 0 aliphatic heterocycles. The van der Waals surface area contributed by atoms with Gasteiger partial charge >= 0.3 is 6.18 Å². The molecule has 0 aromatic carbocycles. The molecule has 2 unspecified atom stereocenters. The summed E-state index contributed by atoms with van der Waals surface area (Å²) < 4.78 is 40.6. The van der Waals surface area contributed by atoms with Gasteiger partial charge in [0.25, 0.3) is 0 Å². The van der Waals surface area contributed by atoms with Crippen LogP contribution in [-0.4, -0.2) is 30.1 Å². The van der Waals surface area contributed by atoms with E-state index in [2.05, 4.69) is 0 Å². The van der Waals surface area contributed by atoms with Gasteiger partial charge in [0, 0.05) is 13.0 Å². The summed E-state index contributed by atoms with van der Waals surface area (Å²) in [5.41, 5.74) is 0. The minimum absolute atomic E-state index is 0.290. The second kappa shape index (κ2) is 6.24. The molecule has 0 bridgehead atoms. The number of aliphatic hydroxyl groups excluding tert-OH is 1. The van der Waals surface area contributed by atoms with Crippen LogP contribution in [0.1, 0.15) is 33.1 Å². The lowest BCUT2D eigenvalue weighted by atomic mass is 10.1. The van der Waals surface area contributed by atoms with Gasteiger partial charge in [-0.3, -0.25) is 0 Å². The van der Waals surface area contributed by atoms with Crippen LogP contribution in [0, 0.1) is 0 Å². The van der Waals surface area contributed by atoms with Gasteiger partial charge in [-0.1, -0.05) is 6.92 Å². The van der Waals surface area contributed by atoms with Crippen molar-refractivity contribution in [2.45, 2.75) is 51.5 Å². The molecule has 2 atom stereocenters. The fourth-order valence-corrected chi connectivity index (χ4v) is 1.21. The van der Waals surface area contributed by atoms with Gasteiger partial charge in [-0.05, 0) is 19.8 Å². The number of hydrogen-bond acceptors (Lipinski definition) is 2. The van der Waals surface area contributed by atoms with Crippen LogP contribution in [-0.2, 0) is 4.74 Å². The van der Waals surface area contributed by atoms with E-state index in [0.717, 1.165) is 0 Å². The van der Waals surface area contributed by atoms with E-state index < -0.39 is 24.8 Å². The van der Waals surface area contributed by atoms with E-state index in [1.807, 2.05) is 0 Å². The first kappa shape index (κ1) is 13.7. The minimum atomic E-state index is -4.20. The van der Waals surface area contributed by atoms with Crippen LogP contribution in [0.4, 0.5) is 13.2 Å². The summed E-state index contributed by atoms with van der Waals surface area (Å²) in [4.78, 5) is 0. The monoisotopic (exact) mass is 214 g/mol. The zero-order valence-electron chi connectivity index (χ0n) is 8.47. The highest BCUT2D eigenvalue weighted by atomic mass is 19.4. The first-order valence-electron chi connectivity index (χ1n) is 4.77. The van der Waals surface area contributed by atoms with Crippen molar-refractivity contribution in [2.24, 2.45) is 0 Å². The van der Waals surface area contributed by atoms with Gasteiger partial charge < -0.3 is 9.84 Å². The van der Waals surface area contributed by atoms with Crippen molar-refractivity contribution in [3.8, 4) is 0 Å². The van der Waals surface area contributed by atoms with E-state index >= 15 is 0 Å². The lowest BCUT2D eigenvalue weighted by molar-refractivity contribution is -0.145. The highest BCUT2D eigenvalue weighted by Crippen LogP contribution is 2.23. The van der Waals surface area contributed by atoms with Crippen molar-refractivity contribution >= 4 is 0 Å². The second-order valence-electron chi connectivity index (χ2n) is 3.12. The molecule has 0 aliphatic carbocycles. The van der Waals surface area contributed by atoms with E-state index in [9.17, 15) is 18.3 Å². The minimum Gasteiger partial charge on any atom is -0.390 e. The van der Waals surface area contributed by atoms with E-state index in [1.54, 1.807) is 13.8 Å². The van der Waals surface area contributed by atoms with Crippen molar-refractivity contribution in [3.63, 3.8) is 0 Å². The number of aliphatic hydroxyl groups is 1. The summed E-state index contributed by atoms with van der Waals surface area (Å²) in [6, 6.07) is 0. The molecule has 0 spiro atoms. The van der Waals surface area contributed by atoms with Gasteiger partial charge in [0.1, 0.15) is 0 Å². The van der Waals surface area contributed by atoms with Crippen LogP contribution in [0.2, 0.25) is 0 Å². The first-order valence-corrected chi connectivity index (χ1v) is 4.77. The Kier molecular flexibility index (Phi) is 6.11. The van der Waals surface area contributed by atoms with Gasteiger partial charge in [0.2, 0.25) is 0 Å². The maximum atomic E-state index is 11.8. The number of hydrogen-bond donors (Lipinski definition) is 1. The van der Waals surface area contributed by atoms with Crippen molar-refractivity contribution in [1.82, 2.24) is 0 Å². The Labute approximate surface area is 82.1 Å². The lowest BCUT2D eigenvalue weighted by Gasteiger charge is -2.21. The molecule has 0 radical (unpaired) electrons.